The third kappa shape index (κ3) is 3.65. The van der Waals surface area contributed by atoms with E-state index in [0.29, 0.717) is 13.0 Å². The van der Waals surface area contributed by atoms with Crippen molar-refractivity contribution in [2.45, 2.75) is 26.4 Å². The maximum absolute atomic E-state index is 11.4. The topological polar surface area (TPSA) is 84.9 Å². The average molecular weight is 238 g/mol. The van der Waals surface area contributed by atoms with Gasteiger partial charge in [-0.3, -0.25) is 4.84 Å². The van der Waals surface area contributed by atoms with Crippen LogP contribution in [0.4, 0.5) is 4.79 Å². The Bertz CT molecular complexity index is 320. The molecule has 0 aromatic carbocycles. The molecule has 0 spiro atoms. The van der Waals surface area contributed by atoms with Crippen molar-refractivity contribution >= 4 is 16.3 Å². The molecule has 0 aliphatic carbocycles. The van der Waals surface area contributed by atoms with E-state index >= 15 is 0 Å². The Morgan fingerprint density at radius 1 is 1.53 bits per heavy atom. The second-order valence-electron chi connectivity index (χ2n) is 3.27. The van der Waals surface area contributed by atoms with Gasteiger partial charge >= 0.3 is 16.3 Å². The third-order valence-electron chi connectivity index (χ3n) is 1.54. The summed E-state index contributed by atoms with van der Waals surface area (Å²) in [6, 6.07) is 0. The number of carbonyl (C=O) groups excluding carboxylic acids is 1. The molecule has 1 rings (SSSR count). The van der Waals surface area contributed by atoms with Crippen molar-refractivity contribution in [1.82, 2.24) is 9.19 Å². The summed E-state index contributed by atoms with van der Waals surface area (Å²) in [5, 5.41) is 0. The van der Waals surface area contributed by atoms with E-state index in [2.05, 4.69) is 4.74 Å². The average Bonchev–Trinajstić information content (AvgIpc) is 2.51. The van der Waals surface area contributed by atoms with Crippen LogP contribution in [-0.4, -0.2) is 38.2 Å². The van der Waals surface area contributed by atoms with Gasteiger partial charge in [-0.2, -0.15) is 8.42 Å². The minimum Gasteiger partial charge on any atom is -0.446 e. The molecule has 0 unspecified atom stereocenters. The van der Waals surface area contributed by atoms with Crippen LogP contribution in [-0.2, 0) is 19.8 Å². The lowest BCUT2D eigenvalue weighted by atomic mass is 10.5. The van der Waals surface area contributed by atoms with Crippen molar-refractivity contribution in [2.75, 3.05) is 13.2 Å². The highest BCUT2D eigenvalue weighted by molar-refractivity contribution is 7.87. The lowest BCUT2D eigenvalue weighted by Crippen LogP contribution is -2.42. The Morgan fingerprint density at radius 3 is 2.67 bits per heavy atom. The number of amides is 1. The fourth-order valence-electron chi connectivity index (χ4n) is 1.01. The molecule has 0 saturated carbocycles. The normalized spacial score (nSPS) is 18.1. The molecule has 1 saturated heterocycles. The van der Waals surface area contributed by atoms with Gasteiger partial charge in [-0.25, -0.2) is 9.52 Å². The number of hydrogen-bond acceptors (Lipinski definition) is 5. The highest BCUT2D eigenvalue weighted by atomic mass is 32.2. The summed E-state index contributed by atoms with van der Waals surface area (Å²) in [4.78, 5) is 15.8. The second-order valence-corrected chi connectivity index (χ2v) is 4.84. The van der Waals surface area contributed by atoms with Crippen LogP contribution in [0.15, 0.2) is 0 Å². The van der Waals surface area contributed by atoms with E-state index in [-0.39, 0.29) is 12.6 Å². The van der Waals surface area contributed by atoms with Gasteiger partial charge in [-0.05, 0) is 20.3 Å². The highest BCUT2D eigenvalue weighted by Gasteiger charge is 2.29. The summed E-state index contributed by atoms with van der Waals surface area (Å²) in [7, 11) is -3.92. The summed E-state index contributed by atoms with van der Waals surface area (Å²) < 4.78 is 29.9. The monoisotopic (exact) mass is 238 g/mol. The van der Waals surface area contributed by atoms with Gasteiger partial charge < -0.3 is 4.74 Å². The standard InChI is InChI=1S/C7H14N2O5S/c1-6(2)14-7(10)8-15(11,12)9-4-3-5-13-9/h6H,3-5H2,1-2H3,(H,8,10). The molecule has 1 aliphatic heterocycles. The van der Waals surface area contributed by atoms with E-state index < -0.39 is 16.3 Å². The number of nitrogens with one attached hydrogen (secondary N) is 1. The molecular weight excluding hydrogens is 224 g/mol. The van der Waals surface area contributed by atoms with Crippen molar-refractivity contribution < 1.29 is 22.8 Å². The van der Waals surface area contributed by atoms with Crippen molar-refractivity contribution in [2.24, 2.45) is 0 Å². The molecule has 15 heavy (non-hydrogen) atoms. The van der Waals surface area contributed by atoms with Gasteiger partial charge in [0.25, 0.3) is 0 Å². The zero-order valence-electron chi connectivity index (χ0n) is 8.60. The number of hydrogen-bond donors (Lipinski definition) is 1. The van der Waals surface area contributed by atoms with Crippen LogP contribution in [0.2, 0.25) is 0 Å². The van der Waals surface area contributed by atoms with Gasteiger partial charge in [0.15, 0.2) is 0 Å². The first-order chi connectivity index (χ1) is 6.92. The molecule has 1 aliphatic rings. The van der Waals surface area contributed by atoms with E-state index in [1.54, 1.807) is 18.6 Å². The lowest BCUT2D eigenvalue weighted by Gasteiger charge is -2.15. The fraction of sp³-hybridized carbons (Fsp3) is 0.857. The Kier molecular flexibility index (Phi) is 3.89. The van der Waals surface area contributed by atoms with Gasteiger partial charge in [0, 0.05) is 6.54 Å². The van der Waals surface area contributed by atoms with Gasteiger partial charge in [-0.15, -0.1) is 0 Å². The van der Waals surface area contributed by atoms with Gasteiger partial charge in [-0.1, -0.05) is 4.47 Å². The first-order valence-corrected chi connectivity index (χ1v) is 6.00. The summed E-state index contributed by atoms with van der Waals surface area (Å²) in [6.07, 6.45) is -0.764. The minimum absolute atomic E-state index is 0.240. The molecule has 1 N–H and O–H groups in total. The van der Waals surface area contributed by atoms with Crippen molar-refractivity contribution in [3.63, 3.8) is 0 Å². The third-order valence-corrected chi connectivity index (χ3v) is 2.79. The second kappa shape index (κ2) is 4.77. The number of nitrogens with zero attached hydrogens (tertiary/aromatic N) is 1. The quantitative estimate of drug-likeness (QED) is 0.748. The van der Waals surface area contributed by atoms with E-state index in [1.165, 1.54) is 0 Å². The molecule has 8 heteroatoms. The molecule has 0 aromatic heterocycles. The Morgan fingerprint density at radius 2 is 2.20 bits per heavy atom. The first kappa shape index (κ1) is 12.2. The molecule has 0 bridgehead atoms. The zero-order chi connectivity index (χ0) is 11.5. The van der Waals surface area contributed by atoms with E-state index in [1.807, 2.05) is 0 Å². The zero-order valence-corrected chi connectivity index (χ0v) is 9.41. The first-order valence-electron chi connectivity index (χ1n) is 4.56. The maximum Gasteiger partial charge on any atom is 0.422 e. The highest BCUT2D eigenvalue weighted by Crippen LogP contribution is 2.08. The summed E-state index contributed by atoms with van der Waals surface area (Å²) >= 11 is 0. The maximum atomic E-state index is 11.4. The smallest absolute Gasteiger partial charge is 0.422 e. The predicted octanol–water partition coefficient (Wildman–Crippen LogP) is 0.00310. The molecule has 0 aromatic rings. The fourth-order valence-corrected chi connectivity index (χ4v) is 1.95. The Hall–Kier alpha value is -0.860. The van der Waals surface area contributed by atoms with Crippen LogP contribution in [0.5, 0.6) is 0 Å². The molecule has 7 nitrogen and oxygen atoms in total. The van der Waals surface area contributed by atoms with Crippen LogP contribution in [0.3, 0.4) is 0 Å². The lowest BCUT2D eigenvalue weighted by molar-refractivity contribution is -0.0297. The Balaban J connectivity index is 2.52. The van der Waals surface area contributed by atoms with Crippen molar-refractivity contribution in [3.8, 4) is 0 Å². The van der Waals surface area contributed by atoms with Crippen molar-refractivity contribution in [3.05, 3.63) is 0 Å². The Labute approximate surface area is 88.5 Å². The van der Waals surface area contributed by atoms with Crippen LogP contribution in [0.1, 0.15) is 20.3 Å². The number of carbonyl (C=O) groups is 1. The molecule has 1 fully saturated rings. The van der Waals surface area contributed by atoms with Gasteiger partial charge in [0.2, 0.25) is 0 Å². The molecule has 0 atom stereocenters. The van der Waals surface area contributed by atoms with Crippen LogP contribution in [0.25, 0.3) is 0 Å². The van der Waals surface area contributed by atoms with E-state index in [4.69, 9.17) is 4.84 Å². The van der Waals surface area contributed by atoms with Crippen LogP contribution in [0, 0.1) is 0 Å². The summed E-state index contributed by atoms with van der Waals surface area (Å²) in [6.45, 7) is 3.82. The van der Waals surface area contributed by atoms with Crippen LogP contribution < -0.4 is 4.72 Å². The molecule has 0 radical (unpaired) electrons. The number of hydroxylamine groups is 1. The largest absolute Gasteiger partial charge is 0.446 e. The number of ether oxygens (including phenoxy) is 1. The van der Waals surface area contributed by atoms with Gasteiger partial charge in [0.05, 0.1) is 12.7 Å². The van der Waals surface area contributed by atoms with E-state index in [9.17, 15) is 13.2 Å². The van der Waals surface area contributed by atoms with E-state index in [0.717, 1.165) is 4.47 Å². The molecule has 1 heterocycles. The van der Waals surface area contributed by atoms with Crippen LogP contribution >= 0.6 is 0 Å². The molecule has 1 amide bonds. The minimum atomic E-state index is -3.92. The SMILES string of the molecule is CC(C)OC(=O)NS(=O)(=O)N1CCCO1. The molecular formula is C7H14N2O5S. The summed E-state index contributed by atoms with van der Waals surface area (Å²) in [5.74, 6) is 0. The van der Waals surface area contributed by atoms with Crippen molar-refractivity contribution in [1.29, 1.82) is 0 Å². The van der Waals surface area contributed by atoms with Gasteiger partial charge in [0.1, 0.15) is 0 Å². The molecule has 88 valence electrons. The number of rotatable bonds is 3. The predicted molar refractivity (Wildman–Crippen MR) is 50.9 cm³/mol. The summed E-state index contributed by atoms with van der Waals surface area (Å²) in [5.41, 5.74) is 0.